The van der Waals surface area contributed by atoms with E-state index in [2.05, 4.69) is 0 Å². The van der Waals surface area contributed by atoms with Crippen LogP contribution in [-0.4, -0.2) is 36.1 Å². The summed E-state index contributed by atoms with van der Waals surface area (Å²) in [5, 5.41) is 10.6. The van der Waals surface area contributed by atoms with Crippen LogP contribution < -0.4 is 0 Å². The Morgan fingerprint density at radius 2 is 1.78 bits per heavy atom. The molecule has 0 bridgehead atoms. The summed E-state index contributed by atoms with van der Waals surface area (Å²) in [4.78, 5) is 33.0. The minimum absolute atomic E-state index is 0.0371. The van der Waals surface area contributed by atoms with Gasteiger partial charge in [-0.25, -0.2) is 0 Å². The normalized spacial score (nSPS) is 13.5. The van der Waals surface area contributed by atoms with Crippen molar-refractivity contribution >= 4 is 11.9 Å². The summed E-state index contributed by atoms with van der Waals surface area (Å²) in [6.07, 6.45) is -0.227. The van der Waals surface area contributed by atoms with Crippen LogP contribution in [-0.2, 0) is 19.1 Å². The first-order valence-corrected chi connectivity index (χ1v) is 5.88. The van der Waals surface area contributed by atoms with Gasteiger partial charge >= 0.3 is 11.9 Å². The van der Waals surface area contributed by atoms with Gasteiger partial charge in [-0.15, -0.1) is 0 Å². The molecule has 0 aliphatic carbocycles. The summed E-state index contributed by atoms with van der Waals surface area (Å²) >= 11 is 0. The van der Waals surface area contributed by atoms with Crippen LogP contribution in [0.3, 0.4) is 0 Å². The average Bonchev–Trinajstić information content (AvgIpc) is 2.28. The highest BCUT2D eigenvalue weighted by Crippen LogP contribution is 2.16. The van der Waals surface area contributed by atoms with Crippen LogP contribution in [0.1, 0.15) is 33.6 Å². The molecule has 2 unspecified atom stereocenters. The van der Waals surface area contributed by atoms with Crippen molar-refractivity contribution in [2.24, 2.45) is 5.92 Å². The molecule has 0 saturated heterocycles. The lowest BCUT2D eigenvalue weighted by molar-refractivity contribution is -0.519. The SMILES string of the molecule is CCOC(=O)CC(CC(C)[N+](=O)[O-])C(=O)OCC. The summed E-state index contributed by atoms with van der Waals surface area (Å²) in [7, 11) is 0. The molecule has 0 spiro atoms. The van der Waals surface area contributed by atoms with E-state index in [0.717, 1.165) is 0 Å². The van der Waals surface area contributed by atoms with E-state index < -0.39 is 28.8 Å². The van der Waals surface area contributed by atoms with Gasteiger partial charge in [0.05, 0.1) is 25.6 Å². The maximum absolute atomic E-state index is 11.6. The molecule has 0 radical (unpaired) electrons. The Morgan fingerprint density at radius 3 is 2.22 bits per heavy atom. The number of rotatable bonds is 8. The minimum Gasteiger partial charge on any atom is -0.466 e. The van der Waals surface area contributed by atoms with Gasteiger partial charge < -0.3 is 9.47 Å². The lowest BCUT2D eigenvalue weighted by Gasteiger charge is -2.15. The van der Waals surface area contributed by atoms with E-state index in [9.17, 15) is 19.7 Å². The van der Waals surface area contributed by atoms with Crippen molar-refractivity contribution in [1.82, 2.24) is 0 Å². The zero-order valence-electron chi connectivity index (χ0n) is 10.9. The maximum Gasteiger partial charge on any atom is 0.309 e. The molecule has 0 saturated carbocycles. The summed E-state index contributed by atoms with van der Waals surface area (Å²) in [6.45, 7) is 5.05. The Kier molecular flexibility index (Phi) is 7.66. The van der Waals surface area contributed by atoms with Gasteiger partial charge in [0.2, 0.25) is 6.04 Å². The molecular formula is C11H19NO6. The maximum atomic E-state index is 11.6. The van der Waals surface area contributed by atoms with Gasteiger partial charge in [0.25, 0.3) is 0 Å². The van der Waals surface area contributed by atoms with E-state index in [1.165, 1.54) is 6.92 Å². The predicted molar refractivity (Wildman–Crippen MR) is 62.4 cm³/mol. The monoisotopic (exact) mass is 261 g/mol. The van der Waals surface area contributed by atoms with Crippen molar-refractivity contribution in [3.05, 3.63) is 10.1 Å². The Labute approximate surface area is 106 Å². The molecule has 7 heteroatoms. The second-order valence-corrected chi connectivity index (χ2v) is 3.83. The third-order valence-corrected chi connectivity index (χ3v) is 2.32. The van der Waals surface area contributed by atoms with E-state index in [1.807, 2.05) is 0 Å². The second kappa shape index (κ2) is 8.43. The molecule has 18 heavy (non-hydrogen) atoms. The molecule has 104 valence electrons. The van der Waals surface area contributed by atoms with E-state index in [0.29, 0.717) is 0 Å². The van der Waals surface area contributed by atoms with Crippen LogP contribution >= 0.6 is 0 Å². The number of nitro groups is 1. The Bertz CT molecular complexity index is 304. The molecule has 0 rings (SSSR count). The molecule has 0 fully saturated rings. The first kappa shape index (κ1) is 16.3. The number of esters is 2. The zero-order chi connectivity index (χ0) is 14.1. The molecule has 0 amide bonds. The van der Waals surface area contributed by atoms with E-state index in [4.69, 9.17) is 9.47 Å². The van der Waals surface area contributed by atoms with E-state index >= 15 is 0 Å². The van der Waals surface area contributed by atoms with Crippen LogP contribution in [0.15, 0.2) is 0 Å². The summed E-state index contributed by atoms with van der Waals surface area (Å²) < 4.78 is 9.52. The Morgan fingerprint density at radius 1 is 1.22 bits per heavy atom. The molecule has 7 nitrogen and oxygen atoms in total. The van der Waals surface area contributed by atoms with Crippen LogP contribution in [0.4, 0.5) is 0 Å². The highest BCUT2D eigenvalue weighted by molar-refractivity contribution is 5.79. The number of hydrogen-bond acceptors (Lipinski definition) is 6. The predicted octanol–water partition coefficient (Wildman–Crippen LogP) is 1.17. The number of carbonyl (C=O) groups excluding carboxylic acids is 2. The first-order valence-electron chi connectivity index (χ1n) is 5.88. The van der Waals surface area contributed by atoms with E-state index in [-0.39, 0.29) is 26.1 Å². The van der Waals surface area contributed by atoms with Gasteiger partial charge in [0.15, 0.2) is 0 Å². The fourth-order valence-corrected chi connectivity index (χ4v) is 1.44. The third-order valence-electron chi connectivity index (χ3n) is 2.32. The quantitative estimate of drug-likeness (QED) is 0.370. The van der Waals surface area contributed by atoms with Crippen molar-refractivity contribution in [2.45, 2.75) is 39.7 Å². The van der Waals surface area contributed by atoms with Crippen molar-refractivity contribution in [1.29, 1.82) is 0 Å². The molecule has 0 aromatic carbocycles. The summed E-state index contributed by atoms with van der Waals surface area (Å²) in [5.74, 6) is -1.98. The molecular weight excluding hydrogens is 242 g/mol. The molecule has 0 heterocycles. The van der Waals surface area contributed by atoms with Crippen LogP contribution in [0.2, 0.25) is 0 Å². The highest BCUT2D eigenvalue weighted by Gasteiger charge is 2.29. The summed E-state index contributed by atoms with van der Waals surface area (Å²) in [6, 6.07) is -0.908. The second-order valence-electron chi connectivity index (χ2n) is 3.83. The molecule has 0 aliphatic rings. The van der Waals surface area contributed by atoms with Crippen LogP contribution in [0.5, 0.6) is 0 Å². The average molecular weight is 261 g/mol. The molecule has 2 atom stereocenters. The number of carbonyl (C=O) groups is 2. The fourth-order valence-electron chi connectivity index (χ4n) is 1.44. The van der Waals surface area contributed by atoms with Gasteiger partial charge in [-0.2, -0.15) is 0 Å². The van der Waals surface area contributed by atoms with Crippen molar-refractivity contribution in [3.8, 4) is 0 Å². The lowest BCUT2D eigenvalue weighted by atomic mass is 9.97. The van der Waals surface area contributed by atoms with E-state index in [1.54, 1.807) is 13.8 Å². The van der Waals surface area contributed by atoms with Gasteiger partial charge in [0, 0.05) is 18.3 Å². The van der Waals surface area contributed by atoms with Crippen molar-refractivity contribution in [3.63, 3.8) is 0 Å². The number of hydrogen-bond donors (Lipinski definition) is 0. The molecule has 0 aromatic heterocycles. The Balaban J connectivity index is 4.56. The Hall–Kier alpha value is -1.66. The fraction of sp³-hybridized carbons (Fsp3) is 0.818. The third kappa shape index (κ3) is 6.17. The number of nitrogens with zero attached hydrogens (tertiary/aromatic N) is 1. The summed E-state index contributed by atoms with van der Waals surface area (Å²) in [5.41, 5.74) is 0. The topological polar surface area (TPSA) is 95.7 Å². The van der Waals surface area contributed by atoms with Crippen LogP contribution in [0, 0.1) is 16.0 Å². The van der Waals surface area contributed by atoms with Gasteiger partial charge in [-0.05, 0) is 13.8 Å². The van der Waals surface area contributed by atoms with Gasteiger partial charge in [-0.1, -0.05) is 0 Å². The highest BCUT2D eigenvalue weighted by atomic mass is 16.6. The molecule has 0 aliphatic heterocycles. The van der Waals surface area contributed by atoms with Gasteiger partial charge in [0.1, 0.15) is 0 Å². The standard InChI is InChI=1S/C11H19NO6/c1-4-17-10(13)7-9(11(14)18-5-2)6-8(3)12(15)16/h8-9H,4-7H2,1-3H3. The van der Waals surface area contributed by atoms with Crippen LogP contribution in [0.25, 0.3) is 0 Å². The zero-order valence-corrected chi connectivity index (χ0v) is 10.9. The first-order chi connectivity index (χ1) is 8.42. The van der Waals surface area contributed by atoms with Gasteiger partial charge in [-0.3, -0.25) is 19.7 Å². The molecule has 0 N–H and O–H groups in total. The minimum atomic E-state index is -0.908. The van der Waals surface area contributed by atoms with Crippen molar-refractivity contribution < 1.29 is 24.0 Å². The number of ether oxygens (including phenoxy) is 2. The van der Waals surface area contributed by atoms with Crippen molar-refractivity contribution in [2.75, 3.05) is 13.2 Å². The largest absolute Gasteiger partial charge is 0.466 e. The smallest absolute Gasteiger partial charge is 0.309 e. The molecule has 0 aromatic rings. The lowest BCUT2D eigenvalue weighted by Crippen LogP contribution is -2.28.